The first-order valence-electron chi connectivity index (χ1n) is 8.04. The van der Waals surface area contributed by atoms with Crippen molar-refractivity contribution < 1.29 is 13.9 Å². The fourth-order valence-electron chi connectivity index (χ4n) is 3.32. The highest BCUT2D eigenvalue weighted by Gasteiger charge is 2.34. The van der Waals surface area contributed by atoms with E-state index in [1.54, 1.807) is 12.1 Å². The summed E-state index contributed by atoms with van der Waals surface area (Å²) in [7, 11) is 1.97. The van der Waals surface area contributed by atoms with Gasteiger partial charge in [-0.15, -0.1) is 0 Å². The quantitative estimate of drug-likeness (QED) is 0.505. The Labute approximate surface area is 145 Å². The van der Waals surface area contributed by atoms with Gasteiger partial charge in [-0.2, -0.15) is 0 Å². The Morgan fingerprint density at radius 3 is 2.00 bits per heavy atom. The third-order valence-corrected chi connectivity index (χ3v) is 4.50. The first-order chi connectivity index (χ1) is 12.2. The molecule has 0 fully saturated rings. The monoisotopic (exact) mass is 333 g/mol. The molecule has 0 spiro atoms. The minimum Gasteiger partial charge on any atom is -0.423 e. The summed E-state index contributed by atoms with van der Waals surface area (Å²) in [6, 6.07) is 21.3. The van der Waals surface area contributed by atoms with Crippen molar-refractivity contribution in [3.8, 4) is 5.75 Å². The summed E-state index contributed by atoms with van der Waals surface area (Å²) in [5.74, 6) is -1.69. The number of halogens is 1. The van der Waals surface area contributed by atoms with Gasteiger partial charge in [0.15, 0.2) is 11.6 Å². The van der Waals surface area contributed by atoms with E-state index in [-0.39, 0.29) is 5.75 Å². The summed E-state index contributed by atoms with van der Waals surface area (Å²) in [6.45, 7) is 0. The highest BCUT2D eigenvalue weighted by atomic mass is 19.1. The van der Waals surface area contributed by atoms with Crippen LogP contribution in [-0.4, -0.2) is 13.0 Å². The normalized spacial score (nSPS) is 13.1. The first-order valence-corrected chi connectivity index (χ1v) is 8.04. The summed E-state index contributed by atoms with van der Waals surface area (Å²) in [5.41, 5.74) is 3.59. The van der Waals surface area contributed by atoms with Gasteiger partial charge in [0.25, 0.3) is 0 Å². The number of para-hydroxylation sites is 3. The number of carbonyl (C=O) groups excluding carboxylic acids is 1. The Balaban J connectivity index is 1.80. The summed E-state index contributed by atoms with van der Waals surface area (Å²) >= 11 is 0. The van der Waals surface area contributed by atoms with Gasteiger partial charge in [-0.25, -0.2) is 4.39 Å². The van der Waals surface area contributed by atoms with Crippen molar-refractivity contribution in [2.24, 2.45) is 0 Å². The zero-order valence-electron chi connectivity index (χ0n) is 13.6. The average Bonchev–Trinajstić information content (AvgIpc) is 2.64. The van der Waals surface area contributed by atoms with Crippen LogP contribution in [0.15, 0.2) is 72.8 Å². The molecular formula is C21H16FNO2. The van der Waals surface area contributed by atoms with Crippen LogP contribution in [0.3, 0.4) is 0 Å². The van der Waals surface area contributed by atoms with E-state index in [0.29, 0.717) is 0 Å². The largest absolute Gasteiger partial charge is 0.423 e. The number of nitrogens with zero attached hydrogens (tertiary/aromatic N) is 1. The molecule has 3 aromatic carbocycles. The van der Waals surface area contributed by atoms with Crippen LogP contribution in [0.4, 0.5) is 15.8 Å². The Morgan fingerprint density at radius 1 is 0.880 bits per heavy atom. The van der Waals surface area contributed by atoms with Crippen molar-refractivity contribution in [3.63, 3.8) is 0 Å². The number of hydrogen-bond acceptors (Lipinski definition) is 3. The van der Waals surface area contributed by atoms with E-state index >= 15 is 0 Å². The summed E-state index contributed by atoms with van der Waals surface area (Å²) in [5, 5.41) is 0. The Kier molecular flexibility index (Phi) is 3.73. The summed E-state index contributed by atoms with van der Waals surface area (Å²) in [4.78, 5) is 15.0. The molecule has 0 saturated carbocycles. The van der Waals surface area contributed by atoms with Gasteiger partial charge in [0, 0.05) is 18.4 Å². The van der Waals surface area contributed by atoms with Crippen molar-refractivity contribution in [1.82, 2.24) is 0 Å². The van der Waals surface area contributed by atoms with Gasteiger partial charge in [0.05, 0.1) is 0 Å². The molecule has 0 amide bonds. The molecule has 0 atom stereocenters. The third kappa shape index (κ3) is 2.56. The van der Waals surface area contributed by atoms with Gasteiger partial charge in [0.1, 0.15) is 5.92 Å². The molecule has 0 N–H and O–H groups in total. The molecule has 0 unspecified atom stereocenters. The van der Waals surface area contributed by atoms with Crippen LogP contribution in [-0.2, 0) is 4.79 Å². The summed E-state index contributed by atoms with van der Waals surface area (Å²) < 4.78 is 19.3. The van der Waals surface area contributed by atoms with E-state index in [1.807, 2.05) is 55.6 Å². The van der Waals surface area contributed by atoms with Crippen molar-refractivity contribution in [2.45, 2.75) is 5.92 Å². The van der Waals surface area contributed by atoms with E-state index in [0.717, 1.165) is 22.5 Å². The Bertz CT molecular complexity index is 906. The van der Waals surface area contributed by atoms with Crippen molar-refractivity contribution in [3.05, 3.63) is 89.7 Å². The van der Waals surface area contributed by atoms with Crippen molar-refractivity contribution >= 4 is 17.3 Å². The Hall–Kier alpha value is -3.14. The number of anilines is 2. The van der Waals surface area contributed by atoms with E-state index in [4.69, 9.17) is 4.74 Å². The molecule has 0 radical (unpaired) electrons. The lowest BCUT2D eigenvalue weighted by molar-refractivity contribution is -0.135. The predicted molar refractivity (Wildman–Crippen MR) is 94.8 cm³/mol. The van der Waals surface area contributed by atoms with E-state index in [1.165, 1.54) is 12.1 Å². The molecule has 4 rings (SSSR count). The fourth-order valence-corrected chi connectivity index (χ4v) is 3.32. The van der Waals surface area contributed by atoms with Gasteiger partial charge in [0.2, 0.25) is 0 Å². The molecule has 0 aromatic heterocycles. The second-order valence-corrected chi connectivity index (χ2v) is 5.96. The van der Waals surface area contributed by atoms with Crippen LogP contribution >= 0.6 is 0 Å². The second-order valence-electron chi connectivity index (χ2n) is 5.96. The highest BCUT2D eigenvalue weighted by molar-refractivity contribution is 5.92. The standard InChI is InChI=1S/C21H16FNO2/c1-23-17-11-5-2-8-14(17)20(15-9-3-6-12-18(15)23)21(24)25-19-13-7-4-10-16(19)22/h2-13,20H,1H3. The minimum atomic E-state index is -0.594. The number of benzene rings is 3. The van der Waals surface area contributed by atoms with E-state index in [9.17, 15) is 9.18 Å². The molecule has 3 nitrogen and oxygen atoms in total. The lowest BCUT2D eigenvalue weighted by Gasteiger charge is -2.34. The van der Waals surface area contributed by atoms with E-state index < -0.39 is 17.7 Å². The molecule has 124 valence electrons. The fraction of sp³-hybridized carbons (Fsp3) is 0.0952. The molecule has 3 aromatic rings. The van der Waals surface area contributed by atoms with Crippen molar-refractivity contribution in [1.29, 1.82) is 0 Å². The number of ether oxygens (including phenoxy) is 1. The maximum Gasteiger partial charge on any atom is 0.323 e. The molecular weight excluding hydrogens is 317 g/mol. The molecule has 1 heterocycles. The van der Waals surface area contributed by atoms with Crippen molar-refractivity contribution in [2.75, 3.05) is 11.9 Å². The van der Waals surface area contributed by atoms with Gasteiger partial charge in [-0.3, -0.25) is 4.79 Å². The van der Waals surface area contributed by atoms with Crippen LogP contribution < -0.4 is 9.64 Å². The first kappa shape index (κ1) is 15.4. The van der Waals surface area contributed by atoms with Crippen LogP contribution in [0.5, 0.6) is 5.75 Å². The van der Waals surface area contributed by atoms with Gasteiger partial charge in [-0.1, -0.05) is 48.5 Å². The van der Waals surface area contributed by atoms with Crippen LogP contribution in [0, 0.1) is 5.82 Å². The van der Waals surface area contributed by atoms with E-state index in [2.05, 4.69) is 4.90 Å². The number of hydrogen-bond donors (Lipinski definition) is 0. The molecule has 0 saturated heterocycles. The van der Waals surface area contributed by atoms with Crippen LogP contribution in [0.25, 0.3) is 0 Å². The maximum atomic E-state index is 13.9. The average molecular weight is 333 g/mol. The number of rotatable bonds is 2. The van der Waals surface area contributed by atoms with Gasteiger partial charge >= 0.3 is 5.97 Å². The topological polar surface area (TPSA) is 29.5 Å². The summed E-state index contributed by atoms with van der Waals surface area (Å²) in [6.07, 6.45) is 0. The molecule has 1 aliphatic rings. The zero-order valence-corrected chi connectivity index (χ0v) is 13.6. The van der Waals surface area contributed by atoms with Gasteiger partial charge in [-0.05, 0) is 35.4 Å². The molecule has 0 bridgehead atoms. The smallest absolute Gasteiger partial charge is 0.323 e. The van der Waals surface area contributed by atoms with Gasteiger partial charge < -0.3 is 9.64 Å². The molecule has 25 heavy (non-hydrogen) atoms. The SMILES string of the molecule is CN1c2ccccc2C(C(=O)Oc2ccccc2F)c2ccccc21. The second kappa shape index (κ2) is 6.06. The Morgan fingerprint density at radius 2 is 1.40 bits per heavy atom. The molecule has 0 aliphatic carbocycles. The lowest BCUT2D eigenvalue weighted by atomic mass is 9.85. The molecule has 1 aliphatic heterocycles. The number of fused-ring (bicyclic) bond motifs is 2. The minimum absolute atomic E-state index is 0.0543. The highest BCUT2D eigenvalue weighted by Crippen LogP contribution is 2.45. The third-order valence-electron chi connectivity index (χ3n) is 4.50. The lowest BCUT2D eigenvalue weighted by Crippen LogP contribution is -2.28. The van der Waals surface area contributed by atoms with Crippen LogP contribution in [0.1, 0.15) is 17.0 Å². The number of esters is 1. The molecule has 4 heteroatoms. The number of carbonyl (C=O) groups is 1. The van der Waals surface area contributed by atoms with Crippen LogP contribution in [0.2, 0.25) is 0 Å². The maximum absolute atomic E-state index is 13.9. The zero-order chi connectivity index (χ0) is 17.4. The predicted octanol–water partition coefficient (Wildman–Crippen LogP) is 4.64.